The normalized spacial score (nSPS) is 13.4. The van der Waals surface area contributed by atoms with E-state index in [1.165, 1.54) is 36.1 Å². The molecule has 1 aromatic carbocycles. The number of hydrogen-bond acceptors (Lipinski definition) is 10. The largest absolute Gasteiger partial charge is 0.480 e. The number of nitro benzene ring substituents is 1. The molecule has 0 heterocycles. The fourth-order valence-corrected chi connectivity index (χ4v) is 4.99. The molecular formula is C21H31N4O13P. The van der Waals surface area contributed by atoms with E-state index in [1.54, 1.807) is 0 Å². The summed E-state index contributed by atoms with van der Waals surface area (Å²) in [5.41, 5.74) is 0.208. The van der Waals surface area contributed by atoms with E-state index >= 15 is 0 Å². The molecule has 0 aliphatic carbocycles. The van der Waals surface area contributed by atoms with E-state index in [0.29, 0.717) is 5.56 Å². The highest BCUT2D eigenvalue weighted by Gasteiger charge is 2.33. The van der Waals surface area contributed by atoms with Gasteiger partial charge in [-0.05, 0) is 18.9 Å². The summed E-state index contributed by atoms with van der Waals surface area (Å²) in [6, 6.07) is 3.23. The van der Waals surface area contributed by atoms with Crippen molar-refractivity contribution < 1.29 is 58.9 Å². The van der Waals surface area contributed by atoms with Crippen molar-refractivity contribution in [2.45, 2.75) is 25.4 Å². The highest BCUT2D eigenvalue weighted by atomic mass is 31.2. The van der Waals surface area contributed by atoms with Crippen LogP contribution in [0.1, 0.15) is 12.5 Å². The number of nitrogens with zero attached hydrogens (tertiary/aromatic N) is 4. The minimum Gasteiger partial charge on any atom is -0.480 e. The summed E-state index contributed by atoms with van der Waals surface area (Å²) < 4.78 is 12.1. The van der Waals surface area contributed by atoms with E-state index in [4.69, 9.17) is 10.2 Å². The summed E-state index contributed by atoms with van der Waals surface area (Å²) >= 11 is 0. The van der Waals surface area contributed by atoms with E-state index < -0.39 is 80.9 Å². The van der Waals surface area contributed by atoms with Gasteiger partial charge < -0.3 is 30.2 Å². The molecule has 0 saturated heterocycles. The summed E-state index contributed by atoms with van der Waals surface area (Å²) in [5, 5.41) is 47.8. The van der Waals surface area contributed by atoms with Crippen molar-refractivity contribution in [1.29, 1.82) is 0 Å². The summed E-state index contributed by atoms with van der Waals surface area (Å²) in [6.07, 6.45) is -0.982. The van der Waals surface area contributed by atoms with Gasteiger partial charge >= 0.3 is 31.5 Å². The van der Waals surface area contributed by atoms with Gasteiger partial charge in [-0.15, -0.1) is 0 Å². The van der Waals surface area contributed by atoms with Gasteiger partial charge in [0.1, 0.15) is 6.29 Å². The van der Waals surface area contributed by atoms with E-state index in [-0.39, 0.29) is 25.2 Å². The Morgan fingerprint density at radius 3 is 1.62 bits per heavy atom. The minimum absolute atomic E-state index is 0.0735. The lowest BCUT2D eigenvalue weighted by atomic mass is 10.0. The van der Waals surface area contributed by atoms with Gasteiger partial charge in [0.25, 0.3) is 5.69 Å². The van der Waals surface area contributed by atoms with Crippen molar-refractivity contribution in [3.8, 4) is 0 Å². The van der Waals surface area contributed by atoms with Crippen molar-refractivity contribution in [3.05, 3.63) is 39.9 Å². The van der Waals surface area contributed by atoms with Gasteiger partial charge in [-0.1, -0.05) is 12.1 Å². The zero-order chi connectivity index (χ0) is 29.9. The molecule has 0 fully saturated rings. The maximum atomic E-state index is 12.1. The lowest BCUT2D eigenvalue weighted by molar-refractivity contribution is -0.384. The SMILES string of the molecule is C[C@H](CN(CC(=O)O)CC(=O)O)N(CP(=O)(O)O)[C@@H](Cc1ccc([N+](=O)[O-])cc1)CN(CC(=O)O)CC(=O)O. The summed E-state index contributed by atoms with van der Waals surface area (Å²) in [6.45, 7) is -2.02. The van der Waals surface area contributed by atoms with E-state index in [1.807, 2.05) is 0 Å². The average Bonchev–Trinajstić information content (AvgIpc) is 2.74. The molecule has 0 aliphatic rings. The van der Waals surface area contributed by atoms with E-state index in [9.17, 15) is 53.9 Å². The van der Waals surface area contributed by atoms with Crippen LogP contribution in [0.2, 0.25) is 0 Å². The monoisotopic (exact) mass is 578 g/mol. The molecule has 0 saturated carbocycles. The number of carboxylic acids is 4. The smallest absolute Gasteiger partial charge is 0.339 e. The number of rotatable bonds is 19. The predicted octanol–water partition coefficient (Wildman–Crippen LogP) is -0.726. The maximum Gasteiger partial charge on any atom is 0.339 e. The second kappa shape index (κ2) is 15.2. The van der Waals surface area contributed by atoms with Crippen LogP contribution in [0.15, 0.2) is 24.3 Å². The van der Waals surface area contributed by atoms with Crippen molar-refractivity contribution in [2.24, 2.45) is 0 Å². The molecule has 39 heavy (non-hydrogen) atoms. The van der Waals surface area contributed by atoms with Crippen LogP contribution >= 0.6 is 7.60 Å². The zero-order valence-electron chi connectivity index (χ0n) is 20.9. The number of carboxylic acid groups (broad SMARTS) is 4. The molecular weight excluding hydrogens is 547 g/mol. The third-order valence-corrected chi connectivity index (χ3v) is 6.12. The van der Waals surface area contributed by atoms with Crippen LogP contribution < -0.4 is 0 Å². The standard InChI is InChI=1S/C21H31N4O13P/c1-14(7-22(9-18(26)27)10-19(28)29)24(13-39(36,37)38)17(8-23(11-20(30)31)12-21(32)33)6-15-2-4-16(5-3-15)25(34)35/h2-5,14,17H,6-13H2,1H3,(H,26,27)(H,28,29)(H,30,31)(H,32,33)(H2,36,37,38)/t14-,17+/m1/s1. The fraction of sp³-hybridized carbons (Fsp3) is 0.524. The van der Waals surface area contributed by atoms with Crippen LogP contribution in [0.25, 0.3) is 0 Å². The number of aliphatic carboxylic acids is 4. The molecule has 1 aromatic rings. The van der Waals surface area contributed by atoms with Gasteiger partial charge in [-0.25, -0.2) is 0 Å². The molecule has 1 rings (SSSR count). The molecule has 17 nitrogen and oxygen atoms in total. The molecule has 0 aliphatic heterocycles. The number of hydrogen-bond donors (Lipinski definition) is 6. The van der Waals surface area contributed by atoms with E-state index in [0.717, 1.165) is 9.80 Å². The van der Waals surface area contributed by atoms with Crippen molar-refractivity contribution in [2.75, 3.05) is 45.6 Å². The van der Waals surface area contributed by atoms with E-state index in [2.05, 4.69) is 0 Å². The number of non-ortho nitro benzene ring substituents is 1. The molecule has 0 unspecified atom stereocenters. The van der Waals surface area contributed by atoms with Crippen molar-refractivity contribution in [3.63, 3.8) is 0 Å². The second-order valence-electron chi connectivity index (χ2n) is 8.87. The lowest BCUT2D eigenvalue weighted by Gasteiger charge is -2.40. The zero-order valence-corrected chi connectivity index (χ0v) is 21.8. The summed E-state index contributed by atoms with van der Waals surface area (Å²) in [5.74, 6) is -5.42. The minimum atomic E-state index is -4.82. The average molecular weight is 578 g/mol. The molecule has 18 heteroatoms. The lowest BCUT2D eigenvalue weighted by Crippen LogP contribution is -2.54. The first-order valence-corrected chi connectivity index (χ1v) is 13.1. The number of carbonyl (C=O) groups is 4. The number of benzene rings is 1. The molecule has 0 aromatic heterocycles. The van der Waals surface area contributed by atoms with Gasteiger partial charge in [0, 0.05) is 37.3 Å². The van der Waals surface area contributed by atoms with Crippen molar-refractivity contribution in [1.82, 2.24) is 14.7 Å². The highest BCUT2D eigenvalue weighted by molar-refractivity contribution is 7.51. The Morgan fingerprint density at radius 1 is 0.846 bits per heavy atom. The summed E-state index contributed by atoms with van der Waals surface area (Å²) in [7, 11) is -4.82. The molecule has 2 atom stereocenters. The van der Waals surface area contributed by atoms with Crippen LogP contribution in [-0.2, 0) is 30.2 Å². The van der Waals surface area contributed by atoms with Crippen LogP contribution in [0.4, 0.5) is 5.69 Å². The topological polar surface area (TPSA) is 260 Å². The second-order valence-corrected chi connectivity index (χ2v) is 10.5. The van der Waals surface area contributed by atoms with Crippen LogP contribution in [0, 0.1) is 10.1 Å². The van der Waals surface area contributed by atoms with Crippen molar-refractivity contribution >= 4 is 37.2 Å². The Bertz CT molecular complexity index is 1050. The Hall–Kier alpha value is -3.47. The Kier molecular flexibility index (Phi) is 13.1. The van der Waals surface area contributed by atoms with Gasteiger partial charge in [0.15, 0.2) is 0 Å². The third-order valence-electron chi connectivity index (χ3n) is 5.43. The van der Waals surface area contributed by atoms with Gasteiger partial charge in [-0.2, -0.15) is 0 Å². The summed E-state index contributed by atoms with van der Waals surface area (Å²) in [4.78, 5) is 78.4. The predicted molar refractivity (Wildman–Crippen MR) is 132 cm³/mol. The maximum absolute atomic E-state index is 12.1. The molecule has 0 bridgehead atoms. The molecule has 218 valence electrons. The first kappa shape index (κ1) is 33.6. The van der Waals surface area contributed by atoms with Gasteiger partial charge in [0.2, 0.25) is 0 Å². The Labute approximate surface area is 222 Å². The molecule has 6 N–H and O–H groups in total. The Morgan fingerprint density at radius 2 is 1.26 bits per heavy atom. The third kappa shape index (κ3) is 13.8. The Balaban J connectivity index is 3.50. The molecule has 0 amide bonds. The quantitative estimate of drug-likeness (QED) is 0.0671. The molecule has 0 radical (unpaired) electrons. The highest BCUT2D eigenvalue weighted by Crippen LogP contribution is 2.37. The fourth-order valence-electron chi connectivity index (χ4n) is 4.05. The number of nitro groups is 1. The van der Waals surface area contributed by atoms with Crippen LogP contribution in [0.3, 0.4) is 0 Å². The van der Waals surface area contributed by atoms with Crippen LogP contribution in [0.5, 0.6) is 0 Å². The first-order chi connectivity index (χ1) is 18.0. The molecule has 0 spiro atoms. The van der Waals surface area contributed by atoms with Crippen LogP contribution in [-0.4, -0.2) is 131 Å². The first-order valence-electron chi connectivity index (χ1n) is 11.3. The van der Waals surface area contributed by atoms with Gasteiger partial charge in [-0.3, -0.25) is 48.6 Å². The van der Waals surface area contributed by atoms with Gasteiger partial charge in [0.05, 0.1) is 31.1 Å².